The van der Waals surface area contributed by atoms with Crippen molar-refractivity contribution in [1.29, 1.82) is 0 Å². The van der Waals surface area contributed by atoms with Gasteiger partial charge in [-0.25, -0.2) is 4.99 Å². The molecule has 1 saturated heterocycles. The molecule has 2 unspecified atom stereocenters. The third-order valence-corrected chi connectivity index (χ3v) is 5.14. The summed E-state index contributed by atoms with van der Waals surface area (Å²) in [6, 6.07) is 8.14. The molecule has 0 spiro atoms. The van der Waals surface area contributed by atoms with E-state index in [0.717, 1.165) is 62.1 Å². The van der Waals surface area contributed by atoms with Crippen LogP contribution in [-0.2, 0) is 24.2 Å². The Hall–Kier alpha value is -1.88. The molecular formula is C21H33IN6O2. The van der Waals surface area contributed by atoms with Crippen molar-refractivity contribution in [2.45, 2.75) is 58.3 Å². The predicted octanol–water partition coefficient (Wildman–Crippen LogP) is 2.77. The van der Waals surface area contributed by atoms with E-state index in [4.69, 9.17) is 14.5 Å². The first-order valence-corrected chi connectivity index (χ1v) is 10.4. The molecule has 0 aliphatic carbocycles. The Balaban J connectivity index is 0.00000320. The van der Waals surface area contributed by atoms with Crippen LogP contribution in [-0.4, -0.2) is 53.1 Å². The summed E-state index contributed by atoms with van der Waals surface area (Å²) in [4.78, 5) is 4.79. The van der Waals surface area contributed by atoms with Gasteiger partial charge >= 0.3 is 0 Å². The smallest absolute Gasteiger partial charge is 0.191 e. The molecule has 1 fully saturated rings. The van der Waals surface area contributed by atoms with E-state index in [0.29, 0.717) is 6.54 Å². The van der Waals surface area contributed by atoms with Gasteiger partial charge in [0.25, 0.3) is 0 Å². The fourth-order valence-corrected chi connectivity index (χ4v) is 3.49. The predicted molar refractivity (Wildman–Crippen MR) is 129 cm³/mol. The summed E-state index contributed by atoms with van der Waals surface area (Å²) in [7, 11) is 1.68. The quantitative estimate of drug-likeness (QED) is 0.296. The fraction of sp³-hybridized carbons (Fsp3) is 0.571. The average Bonchev–Trinajstić information content (AvgIpc) is 3.44. The minimum absolute atomic E-state index is 0. The molecule has 9 heteroatoms. The molecule has 0 amide bonds. The van der Waals surface area contributed by atoms with E-state index in [2.05, 4.69) is 39.2 Å². The first-order chi connectivity index (χ1) is 14.2. The summed E-state index contributed by atoms with van der Waals surface area (Å²) in [6.07, 6.45) is 5.05. The second-order valence-corrected chi connectivity index (χ2v) is 7.18. The number of hydrogen-bond donors (Lipinski definition) is 2. The number of methoxy groups -OCH3 is 1. The molecule has 8 nitrogen and oxygen atoms in total. The third kappa shape index (κ3) is 6.83. The average molecular weight is 528 g/mol. The van der Waals surface area contributed by atoms with Crippen LogP contribution in [0.5, 0.6) is 5.75 Å². The number of aryl methyl sites for hydroxylation is 1. The summed E-state index contributed by atoms with van der Waals surface area (Å²) in [5.41, 5.74) is 1.05. The van der Waals surface area contributed by atoms with E-state index in [9.17, 15) is 0 Å². The number of aliphatic imine (C=N–C) groups is 1. The first-order valence-electron chi connectivity index (χ1n) is 10.4. The van der Waals surface area contributed by atoms with E-state index < -0.39 is 0 Å². The van der Waals surface area contributed by atoms with Crippen molar-refractivity contribution in [3.63, 3.8) is 0 Å². The van der Waals surface area contributed by atoms with Gasteiger partial charge in [0.1, 0.15) is 17.9 Å². The summed E-state index contributed by atoms with van der Waals surface area (Å²) >= 11 is 0. The number of para-hydroxylation sites is 1. The Morgan fingerprint density at radius 2 is 2.23 bits per heavy atom. The zero-order chi connectivity index (χ0) is 20.5. The molecule has 30 heavy (non-hydrogen) atoms. The minimum atomic E-state index is 0. The summed E-state index contributed by atoms with van der Waals surface area (Å²) < 4.78 is 13.3. The van der Waals surface area contributed by atoms with Gasteiger partial charge in [0, 0.05) is 31.7 Å². The number of rotatable bonds is 9. The lowest BCUT2D eigenvalue weighted by Gasteiger charge is -2.23. The summed E-state index contributed by atoms with van der Waals surface area (Å²) in [5.74, 6) is 2.60. The Kier molecular flexibility index (Phi) is 10.4. The largest absolute Gasteiger partial charge is 0.496 e. The molecule has 2 aromatic rings. The highest BCUT2D eigenvalue weighted by Crippen LogP contribution is 2.18. The second kappa shape index (κ2) is 12.7. The Labute approximate surface area is 195 Å². The van der Waals surface area contributed by atoms with Crippen molar-refractivity contribution in [1.82, 2.24) is 25.4 Å². The number of nitrogens with one attached hydrogen (secondary N) is 2. The molecular weight excluding hydrogens is 495 g/mol. The van der Waals surface area contributed by atoms with Gasteiger partial charge in [0.2, 0.25) is 0 Å². The number of hydrogen-bond acceptors (Lipinski definition) is 5. The number of benzene rings is 1. The van der Waals surface area contributed by atoms with Crippen LogP contribution in [0.2, 0.25) is 0 Å². The van der Waals surface area contributed by atoms with Crippen LogP contribution in [0.1, 0.15) is 38.1 Å². The number of ether oxygens (including phenoxy) is 2. The highest BCUT2D eigenvalue weighted by atomic mass is 127. The van der Waals surface area contributed by atoms with Crippen LogP contribution in [0.4, 0.5) is 0 Å². The third-order valence-electron chi connectivity index (χ3n) is 5.14. The zero-order valence-electron chi connectivity index (χ0n) is 18.0. The Bertz CT molecular complexity index is 791. The standard InChI is InChI=1S/C21H32N6O2.HI/c1-4-20-26-24-15-27(20)12-11-22-21(25-16(2)18-10-7-13-29-18)23-14-17-8-5-6-9-19(17)28-3;/h5-6,8-9,15-16,18H,4,7,10-14H2,1-3H3,(H2,22,23,25);1H. The van der Waals surface area contributed by atoms with Crippen molar-refractivity contribution >= 4 is 29.9 Å². The highest BCUT2D eigenvalue weighted by Gasteiger charge is 2.23. The molecule has 1 aromatic heterocycles. The van der Waals surface area contributed by atoms with Crippen molar-refractivity contribution in [3.05, 3.63) is 42.0 Å². The van der Waals surface area contributed by atoms with Crippen molar-refractivity contribution in [3.8, 4) is 5.75 Å². The van der Waals surface area contributed by atoms with Crippen molar-refractivity contribution in [2.24, 2.45) is 4.99 Å². The zero-order valence-corrected chi connectivity index (χ0v) is 20.3. The lowest BCUT2D eigenvalue weighted by molar-refractivity contribution is 0.0890. The lowest BCUT2D eigenvalue weighted by atomic mass is 10.1. The molecule has 166 valence electrons. The molecule has 2 N–H and O–H groups in total. The van der Waals surface area contributed by atoms with E-state index in [-0.39, 0.29) is 36.1 Å². The van der Waals surface area contributed by atoms with Crippen LogP contribution < -0.4 is 15.4 Å². The van der Waals surface area contributed by atoms with Crippen molar-refractivity contribution in [2.75, 3.05) is 20.3 Å². The van der Waals surface area contributed by atoms with Gasteiger partial charge in [-0.2, -0.15) is 0 Å². The van der Waals surface area contributed by atoms with Crippen LogP contribution in [0.3, 0.4) is 0 Å². The van der Waals surface area contributed by atoms with E-state index in [1.165, 1.54) is 0 Å². The van der Waals surface area contributed by atoms with Crippen LogP contribution >= 0.6 is 24.0 Å². The number of aromatic nitrogens is 3. The van der Waals surface area contributed by atoms with Crippen LogP contribution in [0.15, 0.2) is 35.6 Å². The second-order valence-electron chi connectivity index (χ2n) is 7.18. The van der Waals surface area contributed by atoms with Gasteiger partial charge < -0.3 is 24.7 Å². The van der Waals surface area contributed by atoms with Gasteiger partial charge in [0.05, 0.1) is 25.8 Å². The number of halogens is 1. The molecule has 1 aliphatic rings. The van der Waals surface area contributed by atoms with Crippen LogP contribution in [0.25, 0.3) is 0 Å². The Morgan fingerprint density at radius 1 is 1.40 bits per heavy atom. The normalized spacial score (nSPS) is 17.3. The van der Waals surface area contributed by atoms with Crippen LogP contribution in [0, 0.1) is 0 Å². The Morgan fingerprint density at radius 3 is 2.97 bits per heavy atom. The maximum absolute atomic E-state index is 5.82. The molecule has 0 bridgehead atoms. The monoisotopic (exact) mass is 528 g/mol. The molecule has 3 rings (SSSR count). The SMILES string of the molecule is CCc1nncn1CCNC(=NCc1ccccc1OC)NC(C)C1CCCO1.I. The minimum Gasteiger partial charge on any atom is -0.496 e. The maximum atomic E-state index is 5.82. The molecule has 0 radical (unpaired) electrons. The molecule has 2 heterocycles. The molecule has 1 aromatic carbocycles. The lowest BCUT2D eigenvalue weighted by Crippen LogP contribution is -2.47. The van der Waals surface area contributed by atoms with E-state index in [1.807, 2.05) is 24.3 Å². The highest BCUT2D eigenvalue weighted by molar-refractivity contribution is 14.0. The van der Waals surface area contributed by atoms with Crippen molar-refractivity contribution < 1.29 is 9.47 Å². The number of nitrogens with zero attached hydrogens (tertiary/aromatic N) is 4. The summed E-state index contributed by atoms with van der Waals surface area (Å²) in [5, 5.41) is 15.1. The summed E-state index contributed by atoms with van der Waals surface area (Å²) in [6.45, 7) is 7.10. The van der Waals surface area contributed by atoms with Gasteiger partial charge in [-0.1, -0.05) is 25.1 Å². The van der Waals surface area contributed by atoms with E-state index >= 15 is 0 Å². The topological polar surface area (TPSA) is 85.6 Å². The number of guanidine groups is 1. The molecule has 1 aliphatic heterocycles. The molecule has 2 atom stereocenters. The first kappa shape index (κ1) is 24.4. The fourth-order valence-electron chi connectivity index (χ4n) is 3.49. The van der Waals surface area contributed by atoms with Gasteiger partial charge in [-0.15, -0.1) is 34.2 Å². The molecule has 0 saturated carbocycles. The van der Waals surface area contributed by atoms with Gasteiger partial charge in [-0.05, 0) is 25.8 Å². The maximum Gasteiger partial charge on any atom is 0.191 e. The van der Waals surface area contributed by atoms with Gasteiger partial charge in [0.15, 0.2) is 5.96 Å². The van der Waals surface area contributed by atoms with Gasteiger partial charge in [-0.3, -0.25) is 0 Å². The van der Waals surface area contributed by atoms with E-state index in [1.54, 1.807) is 13.4 Å².